The Morgan fingerprint density at radius 1 is 0.675 bits per heavy atom. The fourth-order valence-corrected chi connectivity index (χ4v) is 13.8. The molecule has 0 aliphatic rings. The van der Waals surface area contributed by atoms with Crippen molar-refractivity contribution in [2.45, 2.75) is 93.6 Å². The van der Waals surface area contributed by atoms with Crippen LogP contribution in [0.1, 0.15) is 59.1 Å². The minimum absolute atomic E-state index is 0.341. The summed E-state index contributed by atoms with van der Waals surface area (Å²) in [4.78, 5) is 67.4. The normalized spacial score (nSPS) is 13.1. The monoisotopic (exact) mass is 1530 g/mol. The van der Waals surface area contributed by atoms with Gasteiger partial charge in [0.05, 0.1) is 17.9 Å². The van der Waals surface area contributed by atoms with Gasteiger partial charge in [-0.05, 0) is 82.0 Å². The van der Waals surface area contributed by atoms with Gasteiger partial charge in [-0.15, -0.1) is 0 Å². The molecule has 29 heteroatoms. The number of thiazole rings is 3. The van der Waals surface area contributed by atoms with Crippen LogP contribution in [0, 0.1) is 0 Å². The third kappa shape index (κ3) is 20.9. The fourth-order valence-electron chi connectivity index (χ4n) is 6.81. The number of ether oxygens (including phenoxy) is 1. The van der Waals surface area contributed by atoms with Crippen LogP contribution in [0.4, 0.5) is 13.6 Å². The standard InChI is InChI=1S/C18H17Cl2FN4O2S.C12H14BrN3O2S.C11H11Cl2FNO2.C7H4Br2N2S.3CH3.Sn/c19-16(20)17(27)25-13(6-21)15(26)10-3-1-9(2-4-10)11-5-12-18(23-8-11)28-14(7-22)24-12;1-12(2,3)18-11(17)15-6-9-16-8-4-7(13)5-14-10(8)19-9;12-10(13)11(17)15-8(6-14)9(16)7-4-2-1-3-5-7;8-2-6-11-5-1-4(9)3-10-7(5)12-6;;;;/h1-5,8,13,15-16,26H,6-7,22H2,(H,25,27);4-5H,6H2,1-3H3,(H,15,17);2-5,8-10,16H,6H2,(H,15,17);1,3H,2H2;3*1H3;/t13-,15-;;8-,9-;;;;;/m1.1...../s1. The summed E-state index contributed by atoms with van der Waals surface area (Å²) in [5.41, 5.74) is 10.4. The summed E-state index contributed by atoms with van der Waals surface area (Å²) >= 11 is 34.2. The van der Waals surface area contributed by atoms with Crippen LogP contribution in [0.5, 0.6) is 0 Å². The summed E-state index contributed by atoms with van der Waals surface area (Å²) in [6, 6.07) is 17.9. The molecule has 0 fully saturated rings. The molecule has 6 aromatic heterocycles. The van der Waals surface area contributed by atoms with Crippen molar-refractivity contribution in [2.75, 3.05) is 13.3 Å². The number of halogens is 9. The third-order valence-electron chi connectivity index (χ3n) is 10.7. The Labute approximate surface area is 522 Å². The quantitative estimate of drug-likeness (QED) is 0.0390. The van der Waals surface area contributed by atoms with E-state index in [1.165, 1.54) is 26.3 Å². The van der Waals surface area contributed by atoms with Crippen molar-refractivity contribution >= 4 is 199 Å². The number of alkyl halides is 7. The van der Waals surface area contributed by atoms with E-state index < -0.39 is 89.2 Å². The minimum atomic E-state index is -2.15. The second-order valence-electron chi connectivity index (χ2n) is 19.0. The number of rotatable bonds is 16. The molecule has 0 unspecified atom stereocenters. The number of aliphatic hydroxyl groups is 2. The number of aliphatic hydroxyl groups excluding tert-OH is 2. The summed E-state index contributed by atoms with van der Waals surface area (Å²) in [5, 5.41) is 31.3. The number of nitrogens with two attached hydrogens (primary N) is 1. The zero-order valence-corrected chi connectivity index (χ0v) is 56.6. The van der Waals surface area contributed by atoms with Crippen LogP contribution in [0.3, 0.4) is 0 Å². The van der Waals surface area contributed by atoms with E-state index in [0.29, 0.717) is 24.2 Å². The fraction of sp³-hybridized carbons (Fsp3) is 0.353. The number of nitrogens with zero attached hydrogens (tertiary/aromatic N) is 6. The van der Waals surface area contributed by atoms with E-state index in [2.05, 4.69) is 108 Å². The molecule has 7 N–H and O–H groups in total. The molecule has 0 aliphatic carbocycles. The van der Waals surface area contributed by atoms with Crippen molar-refractivity contribution < 1.29 is 38.1 Å². The molecule has 0 aliphatic heterocycles. The van der Waals surface area contributed by atoms with Gasteiger partial charge in [-0.3, -0.25) is 4.79 Å². The Balaban J connectivity index is 0.000000203. The molecular formula is C51H55Br3Cl4F2N10O6S3Sn. The van der Waals surface area contributed by atoms with Crippen LogP contribution in [-0.2, 0) is 32.7 Å². The van der Waals surface area contributed by atoms with Crippen LogP contribution in [-0.4, -0.2) is 117 Å². The summed E-state index contributed by atoms with van der Waals surface area (Å²) in [6.07, 6.45) is 2.42. The molecule has 0 saturated heterocycles. The zero-order chi connectivity index (χ0) is 59.1. The van der Waals surface area contributed by atoms with E-state index in [1.807, 2.05) is 51.1 Å². The Bertz CT molecular complexity index is 3330. The van der Waals surface area contributed by atoms with Gasteiger partial charge in [0.2, 0.25) is 0 Å². The number of hydrogen-bond acceptors (Lipinski definition) is 16. The Kier molecular flexibility index (Phi) is 26.8. The van der Waals surface area contributed by atoms with Gasteiger partial charge in [0.25, 0.3) is 5.91 Å². The number of nitrogens with one attached hydrogen (secondary N) is 3. The van der Waals surface area contributed by atoms with Gasteiger partial charge in [-0.1, -0.05) is 97.4 Å². The van der Waals surface area contributed by atoms with Gasteiger partial charge in [0.15, 0.2) is 4.84 Å². The number of aromatic nitrogens is 6. The Morgan fingerprint density at radius 3 is 1.54 bits per heavy atom. The molecule has 80 heavy (non-hydrogen) atoms. The molecule has 0 saturated carbocycles. The third-order valence-corrected chi connectivity index (χ3v) is 22.1. The average molecular weight is 1540 g/mol. The predicted molar refractivity (Wildman–Crippen MR) is 333 cm³/mol. The van der Waals surface area contributed by atoms with E-state index in [4.69, 9.17) is 56.9 Å². The number of alkyl carbamates (subject to hydrolysis) is 1. The van der Waals surface area contributed by atoms with E-state index in [0.717, 1.165) is 71.5 Å². The number of benzene rings is 2. The van der Waals surface area contributed by atoms with Crippen LogP contribution in [0.25, 0.3) is 42.2 Å². The first-order chi connectivity index (χ1) is 37.7. The SMILES string of the molecule is BrCc1nc2cc(Br)cnc2s1.CC(C)(C)OC(=O)NCc1nc2cc(Br)cnc2s1.NCc1nc2cc(-c3ccc([C@@H](O)[C@@H](CF)NC(=O)C(Cl)Cl)cc3)cnc2s1.[CH3][Sn]([CH3])([CH3])[c]1ccc([C@@H](O)[C@@H](CF)NC(=O)C(Cl)Cl)cc1. The molecule has 430 valence electrons. The molecule has 4 atom stereocenters. The molecule has 3 amide bonds. The Morgan fingerprint density at radius 2 is 1.10 bits per heavy atom. The second-order valence-corrected chi connectivity index (χ2v) is 41.3. The Hall–Kier alpha value is -3.09. The van der Waals surface area contributed by atoms with Crippen molar-refractivity contribution in [3.05, 3.63) is 120 Å². The van der Waals surface area contributed by atoms with Crippen molar-refractivity contribution in [3.8, 4) is 11.1 Å². The number of amides is 3. The molecule has 6 heterocycles. The molecular weight excluding hydrogens is 1480 g/mol. The molecule has 0 spiro atoms. The summed E-state index contributed by atoms with van der Waals surface area (Å²) in [6.45, 7) is 4.30. The van der Waals surface area contributed by atoms with E-state index in [-0.39, 0.29) is 0 Å². The van der Waals surface area contributed by atoms with Gasteiger partial charge >= 0.3 is 145 Å². The summed E-state index contributed by atoms with van der Waals surface area (Å²) in [5.74, 6) is -1.48. The summed E-state index contributed by atoms with van der Waals surface area (Å²) in [7, 11) is 0. The van der Waals surface area contributed by atoms with Crippen molar-refractivity contribution in [3.63, 3.8) is 0 Å². The maximum atomic E-state index is 13.3. The number of carbonyl (C=O) groups excluding carboxylic acids is 3. The average Bonchev–Trinajstić information content (AvgIpc) is 4.16. The van der Waals surface area contributed by atoms with Crippen molar-refractivity contribution in [1.82, 2.24) is 45.9 Å². The molecule has 8 rings (SSSR count). The van der Waals surface area contributed by atoms with Crippen LogP contribution >= 0.6 is 128 Å². The van der Waals surface area contributed by atoms with Crippen molar-refractivity contribution in [2.24, 2.45) is 5.73 Å². The molecule has 0 radical (unpaired) electrons. The molecule has 16 nitrogen and oxygen atoms in total. The maximum absolute atomic E-state index is 13.3. The predicted octanol–water partition coefficient (Wildman–Crippen LogP) is 12.5. The van der Waals surface area contributed by atoms with Crippen LogP contribution in [0.2, 0.25) is 14.8 Å². The van der Waals surface area contributed by atoms with Gasteiger partial charge in [0, 0.05) is 39.6 Å². The van der Waals surface area contributed by atoms with Gasteiger partial charge in [-0.2, -0.15) is 0 Å². The molecule has 0 bridgehead atoms. The van der Waals surface area contributed by atoms with Crippen LogP contribution < -0.4 is 25.3 Å². The number of fused-ring (bicyclic) bond motifs is 3. The van der Waals surface area contributed by atoms with Gasteiger partial charge < -0.3 is 26.2 Å². The molecule has 8 aromatic rings. The van der Waals surface area contributed by atoms with E-state index >= 15 is 0 Å². The van der Waals surface area contributed by atoms with E-state index in [9.17, 15) is 33.4 Å². The van der Waals surface area contributed by atoms with Gasteiger partial charge in [-0.25, -0.2) is 39.1 Å². The number of pyridine rings is 3. The van der Waals surface area contributed by atoms with Crippen molar-refractivity contribution in [1.29, 1.82) is 0 Å². The first-order valence-electron chi connectivity index (χ1n) is 23.9. The van der Waals surface area contributed by atoms with Gasteiger partial charge in [0.1, 0.15) is 64.4 Å². The summed E-state index contributed by atoms with van der Waals surface area (Å²) < 4.78 is 34.6. The number of carbonyl (C=O) groups is 3. The second kappa shape index (κ2) is 31.7. The van der Waals surface area contributed by atoms with E-state index in [1.54, 1.807) is 66.3 Å². The molecule has 2 aromatic carbocycles. The van der Waals surface area contributed by atoms with Crippen LogP contribution in [0.15, 0.2) is 94.3 Å². The first-order valence-corrected chi connectivity index (χ1v) is 40.8. The topological polar surface area (TPSA) is 240 Å². The number of hydrogen-bond donors (Lipinski definition) is 6. The first kappa shape index (κ1) is 67.7. The zero-order valence-electron chi connectivity index (χ0n) is 43.5.